The summed E-state index contributed by atoms with van der Waals surface area (Å²) in [5, 5.41) is 0.616. The van der Waals surface area contributed by atoms with E-state index in [1.807, 2.05) is 48.0 Å². The second-order valence-electron chi connectivity index (χ2n) is 6.86. The van der Waals surface area contributed by atoms with Crippen LogP contribution < -0.4 is 4.90 Å². The molecule has 0 bridgehead atoms. The Labute approximate surface area is 168 Å². The molecule has 3 aliphatic heterocycles. The number of hydrogen-bond donors (Lipinski definition) is 0. The van der Waals surface area contributed by atoms with Gasteiger partial charge in [-0.3, -0.25) is 14.6 Å². The second kappa shape index (κ2) is 7.10. The summed E-state index contributed by atoms with van der Waals surface area (Å²) in [6.07, 6.45) is 1.33. The first-order chi connectivity index (χ1) is 13.4. The third kappa shape index (κ3) is 2.84. The molecule has 1 saturated heterocycles. The molecule has 0 N–H and O–H groups in total. The van der Waals surface area contributed by atoms with Crippen molar-refractivity contribution < 1.29 is 14.3 Å². The van der Waals surface area contributed by atoms with Gasteiger partial charge in [0.25, 0.3) is 5.91 Å². The third-order valence-electron chi connectivity index (χ3n) is 5.12. The number of amides is 3. The number of ether oxygens (including phenoxy) is 1. The molecule has 0 aliphatic carbocycles. The van der Waals surface area contributed by atoms with E-state index in [4.69, 9.17) is 21.3 Å². The van der Waals surface area contributed by atoms with E-state index in [0.29, 0.717) is 24.2 Å². The quantitative estimate of drug-likeness (QED) is 0.706. The van der Waals surface area contributed by atoms with Gasteiger partial charge in [-0.15, -0.1) is 0 Å². The van der Waals surface area contributed by atoms with Crippen molar-refractivity contribution >= 4 is 35.2 Å². The van der Waals surface area contributed by atoms with Gasteiger partial charge in [-0.05, 0) is 32.0 Å². The zero-order valence-electron chi connectivity index (χ0n) is 16.0. The minimum atomic E-state index is -0.585. The Hall–Kier alpha value is -2.58. The van der Waals surface area contributed by atoms with Crippen LogP contribution in [-0.2, 0) is 9.53 Å². The molecule has 2 unspecified atom stereocenters. The number of carbonyl (C=O) groups is 2. The van der Waals surface area contributed by atoms with Crippen molar-refractivity contribution in [2.24, 2.45) is 4.99 Å². The third-order valence-corrected chi connectivity index (χ3v) is 5.35. The van der Waals surface area contributed by atoms with E-state index >= 15 is 0 Å². The summed E-state index contributed by atoms with van der Waals surface area (Å²) < 4.78 is 5.33. The average molecular weight is 404 g/mol. The first-order valence-electron chi connectivity index (χ1n) is 9.20. The molecule has 2 atom stereocenters. The van der Waals surface area contributed by atoms with Gasteiger partial charge in [-0.25, -0.2) is 9.79 Å². The van der Waals surface area contributed by atoms with Crippen LogP contribution >= 0.6 is 11.6 Å². The maximum atomic E-state index is 13.1. The van der Waals surface area contributed by atoms with Crippen molar-refractivity contribution in [1.82, 2.24) is 14.7 Å². The summed E-state index contributed by atoms with van der Waals surface area (Å²) >= 11 is 6.16. The number of fused-ring (bicyclic) bond motifs is 3. The minimum Gasteiger partial charge on any atom is -0.380 e. The van der Waals surface area contributed by atoms with Crippen LogP contribution in [0.15, 0.2) is 41.2 Å². The molecule has 3 heterocycles. The second-order valence-corrected chi connectivity index (χ2v) is 7.30. The number of allylic oxidation sites excluding steroid dienone is 1. The largest absolute Gasteiger partial charge is 0.380 e. The lowest BCUT2D eigenvalue weighted by Gasteiger charge is -2.40. The van der Waals surface area contributed by atoms with Crippen LogP contribution in [0.5, 0.6) is 0 Å². The Kier molecular flexibility index (Phi) is 4.76. The number of anilines is 1. The fourth-order valence-electron chi connectivity index (χ4n) is 3.79. The molecule has 0 radical (unpaired) electrons. The Morgan fingerprint density at radius 3 is 2.79 bits per heavy atom. The van der Waals surface area contributed by atoms with Gasteiger partial charge in [-0.1, -0.05) is 17.7 Å². The number of rotatable bonds is 5. The number of guanidine groups is 1. The maximum Gasteiger partial charge on any atom is 0.328 e. The molecule has 3 amide bonds. The zero-order valence-corrected chi connectivity index (χ0v) is 16.8. The van der Waals surface area contributed by atoms with Crippen LogP contribution in [0, 0.1) is 0 Å². The van der Waals surface area contributed by atoms with Gasteiger partial charge in [0, 0.05) is 30.6 Å². The summed E-state index contributed by atoms with van der Waals surface area (Å²) in [6.45, 7) is 4.90. The molecule has 0 spiro atoms. The number of urea groups is 1. The summed E-state index contributed by atoms with van der Waals surface area (Å²) in [6, 6.07) is 6.51. The van der Waals surface area contributed by atoms with Crippen LogP contribution in [0.1, 0.15) is 13.8 Å². The number of aliphatic imine (C=N–C) groups is 1. The Bertz CT molecular complexity index is 886. The minimum absolute atomic E-state index is 0.225. The normalized spacial score (nSPS) is 23.9. The van der Waals surface area contributed by atoms with E-state index in [1.165, 1.54) is 9.80 Å². The van der Waals surface area contributed by atoms with Crippen molar-refractivity contribution in [2.75, 3.05) is 31.7 Å². The van der Waals surface area contributed by atoms with Gasteiger partial charge in [0.05, 0.1) is 18.8 Å². The molecule has 8 nitrogen and oxygen atoms in total. The van der Waals surface area contributed by atoms with Gasteiger partial charge >= 0.3 is 6.03 Å². The van der Waals surface area contributed by atoms with E-state index in [0.717, 1.165) is 11.4 Å². The molecular weight excluding hydrogens is 382 g/mol. The fraction of sp³-hybridized carbons (Fsp3) is 0.421. The van der Waals surface area contributed by atoms with Crippen LogP contribution in [0.3, 0.4) is 0 Å². The Balaban J connectivity index is 1.65. The fourth-order valence-corrected chi connectivity index (χ4v) is 3.98. The first kappa shape index (κ1) is 18.8. The van der Waals surface area contributed by atoms with Crippen LogP contribution in [0.2, 0.25) is 5.02 Å². The van der Waals surface area contributed by atoms with Gasteiger partial charge in [0.1, 0.15) is 0 Å². The Morgan fingerprint density at radius 2 is 2.07 bits per heavy atom. The number of likely N-dealkylation sites (N-methyl/N-ethyl adjacent to an activating group) is 1. The van der Waals surface area contributed by atoms with Crippen molar-refractivity contribution in [3.63, 3.8) is 0 Å². The highest BCUT2D eigenvalue weighted by Crippen LogP contribution is 2.36. The number of benzene rings is 1. The van der Waals surface area contributed by atoms with Gasteiger partial charge in [0.15, 0.2) is 12.2 Å². The van der Waals surface area contributed by atoms with E-state index in [1.54, 1.807) is 13.1 Å². The van der Waals surface area contributed by atoms with Crippen LogP contribution in [-0.4, -0.2) is 71.6 Å². The van der Waals surface area contributed by atoms with Gasteiger partial charge in [-0.2, -0.15) is 0 Å². The zero-order chi connectivity index (χ0) is 20.0. The molecule has 9 heteroatoms. The highest BCUT2D eigenvalue weighted by molar-refractivity contribution is 6.31. The molecule has 1 aromatic rings. The smallest absolute Gasteiger partial charge is 0.328 e. The molecule has 28 heavy (non-hydrogen) atoms. The molecule has 1 aromatic carbocycles. The van der Waals surface area contributed by atoms with Crippen molar-refractivity contribution in [3.8, 4) is 0 Å². The van der Waals surface area contributed by atoms with Gasteiger partial charge in [0.2, 0.25) is 5.96 Å². The number of halogens is 1. The van der Waals surface area contributed by atoms with Gasteiger partial charge < -0.3 is 14.5 Å². The predicted molar refractivity (Wildman–Crippen MR) is 106 cm³/mol. The predicted octanol–water partition coefficient (Wildman–Crippen LogP) is 2.32. The lowest BCUT2D eigenvalue weighted by molar-refractivity contribution is -0.137. The number of imide groups is 1. The average Bonchev–Trinajstić information content (AvgIpc) is 3.17. The molecule has 0 saturated carbocycles. The molecule has 0 aromatic heterocycles. The summed E-state index contributed by atoms with van der Waals surface area (Å²) in [5.41, 5.74) is 1.78. The van der Waals surface area contributed by atoms with Crippen molar-refractivity contribution in [1.29, 1.82) is 0 Å². The standard InChI is InChI=1S/C19H22ClN5O3/c1-4-28-9-8-23-17(26)15-16(22(3)19(23)27)21-18-24(15)11-12(2)25(18)14-7-5-6-13(20)10-14/h5-7,10-11,15-16H,4,8-9H2,1-3H3. The van der Waals surface area contributed by atoms with E-state index < -0.39 is 12.2 Å². The molecular formula is C19H22ClN5O3. The summed E-state index contributed by atoms with van der Waals surface area (Å²) in [4.78, 5) is 37.1. The summed E-state index contributed by atoms with van der Waals surface area (Å²) in [5.74, 6) is 0.359. The molecule has 4 rings (SSSR count). The number of carbonyl (C=O) groups excluding carboxylic acids is 2. The van der Waals surface area contributed by atoms with Crippen molar-refractivity contribution in [2.45, 2.75) is 26.1 Å². The first-order valence-corrected chi connectivity index (χ1v) is 9.58. The monoisotopic (exact) mass is 403 g/mol. The topological polar surface area (TPSA) is 68.7 Å². The van der Waals surface area contributed by atoms with Crippen molar-refractivity contribution in [3.05, 3.63) is 41.2 Å². The van der Waals surface area contributed by atoms with E-state index in [-0.39, 0.29) is 18.5 Å². The lowest BCUT2D eigenvalue weighted by atomic mass is 10.1. The summed E-state index contributed by atoms with van der Waals surface area (Å²) in [7, 11) is 1.67. The number of nitrogens with zero attached hydrogens (tertiary/aromatic N) is 5. The molecule has 3 aliphatic rings. The van der Waals surface area contributed by atoms with Crippen LogP contribution in [0.25, 0.3) is 0 Å². The molecule has 1 fully saturated rings. The van der Waals surface area contributed by atoms with E-state index in [2.05, 4.69) is 0 Å². The highest BCUT2D eigenvalue weighted by Gasteiger charge is 2.54. The lowest BCUT2D eigenvalue weighted by Crippen LogP contribution is -2.64. The SMILES string of the molecule is CCOCCN1C(=O)C2C(N=C3N(c4cccc(Cl)c4)C(C)=CN32)N(C)C1=O. The highest BCUT2D eigenvalue weighted by atomic mass is 35.5. The molecule has 148 valence electrons. The van der Waals surface area contributed by atoms with Crippen LogP contribution in [0.4, 0.5) is 10.5 Å². The maximum absolute atomic E-state index is 13.1. The van der Waals surface area contributed by atoms with E-state index in [9.17, 15) is 9.59 Å². The number of hydrogen-bond acceptors (Lipinski definition) is 6. The Morgan fingerprint density at radius 1 is 1.29 bits per heavy atom.